The fourth-order valence-corrected chi connectivity index (χ4v) is 2.66. The lowest BCUT2D eigenvalue weighted by atomic mass is 9.92. The summed E-state index contributed by atoms with van der Waals surface area (Å²) in [5, 5.41) is 3.65. The molecule has 1 rings (SSSR count). The van der Waals surface area contributed by atoms with Gasteiger partial charge in [-0.05, 0) is 32.2 Å². The van der Waals surface area contributed by atoms with Gasteiger partial charge in [-0.2, -0.15) is 0 Å². The third kappa shape index (κ3) is 5.22. The minimum atomic E-state index is 0.445. The number of rotatable bonds is 8. The Balaban J connectivity index is 2.47. The number of nitrogens with one attached hydrogen (secondary N) is 1. The molecule has 0 amide bonds. The molecule has 4 heteroatoms. The van der Waals surface area contributed by atoms with Crippen LogP contribution in [0.5, 0.6) is 0 Å². The van der Waals surface area contributed by atoms with Gasteiger partial charge in [0, 0.05) is 39.4 Å². The van der Waals surface area contributed by atoms with Gasteiger partial charge in [-0.3, -0.25) is 4.90 Å². The normalized spacial score (nSPS) is 26.5. The zero-order valence-electron chi connectivity index (χ0n) is 12.4. The molecular weight excluding hydrogens is 228 g/mol. The molecule has 3 atom stereocenters. The van der Waals surface area contributed by atoms with Crippen LogP contribution in [0, 0.1) is 5.92 Å². The van der Waals surface area contributed by atoms with Crippen LogP contribution in [0.25, 0.3) is 0 Å². The van der Waals surface area contributed by atoms with E-state index in [1.165, 1.54) is 12.8 Å². The van der Waals surface area contributed by atoms with Crippen molar-refractivity contribution in [2.45, 2.75) is 38.8 Å². The molecule has 0 bridgehead atoms. The number of nitrogens with zero attached hydrogens (tertiary/aromatic N) is 1. The Labute approximate surface area is 112 Å². The van der Waals surface area contributed by atoms with Gasteiger partial charge in [0.25, 0.3) is 0 Å². The summed E-state index contributed by atoms with van der Waals surface area (Å²) in [6.45, 7) is 9.38. The van der Waals surface area contributed by atoms with Crippen LogP contribution in [0.4, 0.5) is 0 Å². The van der Waals surface area contributed by atoms with Gasteiger partial charge >= 0.3 is 0 Å². The van der Waals surface area contributed by atoms with Crippen molar-refractivity contribution in [1.29, 1.82) is 0 Å². The molecule has 18 heavy (non-hydrogen) atoms. The fraction of sp³-hybridized carbons (Fsp3) is 1.00. The first-order chi connectivity index (χ1) is 8.69. The SMILES string of the molecule is COCCN(CC1NCCCC1C)C(C)COC. The minimum absolute atomic E-state index is 0.445. The van der Waals surface area contributed by atoms with Crippen LogP contribution in [0.2, 0.25) is 0 Å². The van der Waals surface area contributed by atoms with E-state index in [0.717, 1.165) is 38.8 Å². The highest BCUT2D eigenvalue weighted by atomic mass is 16.5. The third-order valence-electron chi connectivity index (χ3n) is 3.97. The van der Waals surface area contributed by atoms with E-state index in [1.54, 1.807) is 14.2 Å². The number of methoxy groups -OCH3 is 2. The lowest BCUT2D eigenvalue weighted by Crippen LogP contribution is -2.51. The van der Waals surface area contributed by atoms with Gasteiger partial charge in [0.2, 0.25) is 0 Å². The van der Waals surface area contributed by atoms with Crippen molar-refractivity contribution in [2.24, 2.45) is 5.92 Å². The second-order valence-electron chi connectivity index (χ2n) is 5.47. The quantitative estimate of drug-likeness (QED) is 0.713. The van der Waals surface area contributed by atoms with E-state index in [2.05, 4.69) is 24.1 Å². The summed E-state index contributed by atoms with van der Waals surface area (Å²) in [4.78, 5) is 2.48. The molecule has 0 radical (unpaired) electrons. The summed E-state index contributed by atoms with van der Waals surface area (Å²) in [6.07, 6.45) is 2.65. The molecule has 1 N–H and O–H groups in total. The van der Waals surface area contributed by atoms with E-state index < -0.39 is 0 Å². The molecule has 0 aromatic carbocycles. The topological polar surface area (TPSA) is 33.7 Å². The molecule has 0 spiro atoms. The molecule has 1 aliphatic rings. The van der Waals surface area contributed by atoms with E-state index in [4.69, 9.17) is 9.47 Å². The van der Waals surface area contributed by atoms with E-state index in [-0.39, 0.29) is 0 Å². The highest BCUT2D eigenvalue weighted by molar-refractivity contribution is 4.83. The molecule has 4 nitrogen and oxygen atoms in total. The van der Waals surface area contributed by atoms with Crippen molar-refractivity contribution >= 4 is 0 Å². The molecule has 0 aromatic heterocycles. The molecule has 108 valence electrons. The summed E-state index contributed by atoms with van der Waals surface area (Å²) >= 11 is 0. The van der Waals surface area contributed by atoms with Crippen LogP contribution < -0.4 is 5.32 Å². The Morgan fingerprint density at radius 1 is 1.33 bits per heavy atom. The molecular formula is C14H30N2O2. The summed E-state index contributed by atoms with van der Waals surface area (Å²) < 4.78 is 10.5. The Kier molecular flexibility index (Phi) is 7.82. The van der Waals surface area contributed by atoms with Crippen LogP contribution in [0.1, 0.15) is 26.7 Å². The number of hydrogen-bond acceptors (Lipinski definition) is 4. The van der Waals surface area contributed by atoms with Gasteiger partial charge in [0.15, 0.2) is 0 Å². The van der Waals surface area contributed by atoms with Gasteiger partial charge in [0.05, 0.1) is 13.2 Å². The summed E-state index contributed by atoms with van der Waals surface area (Å²) in [5.41, 5.74) is 0. The van der Waals surface area contributed by atoms with E-state index >= 15 is 0 Å². The maximum atomic E-state index is 5.28. The minimum Gasteiger partial charge on any atom is -0.383 e. The average molecular weight is 258 g/mol. The van der Waals surface area contributed by atoms with Gasteiger partial charge in [-0.25, -0.2) is 0 Å². The zero-order valence-corrected chi connectivity index (χ0v) is 12.4. The smallest absolute Gasteiger partial charge is 0.0615 e. The molecule has 1 aliphatic heterocycles. The number of piperidine rings is 1. The Morgan fingerprint density at radius 3 is 2.72 bits per heavy atom. The molecule has 0 aliphatic carbocycles. The van der Waals surface area contributed by atoms with Gasteiger partial charge < -0.3 is 14.8 Å². The summed E-state index contributed by atoms with van der Waals surface area (Å²) in [5.74, 6) is 0.763. The number of ether oxygens (including phenoxy) is 2. The maximum absolute atomic E-state index is 5.28. The highest BCUT2D eigenvalue weighted by Crippen LogP contribution is 2.17. The molecule has 0 saturated carbocycles. The van der Waals surface area contributed by atoms with Crippen molar-refractivity contribution in [2.75, 3.05) is 47.1 Å². The lowest BCUT2D eigenvalue weighted by Gasteiger charge is -2.37. The highest BCUT2D eigenvalue weighted by Gasteiger charge is 2.25. The first kappa shape index (κ1) is 15.9. The predicted molar refractivity (Wildman–Crippen MR) is 75.0 cm³/mol. The lowest BCUT2D eigenvalue weighted by molar-refractivity contribution is 0.0611. The summed E-state index contributed by atoms with van der Waals surface area (Å²) in [6, 6.07) is 1.05. The second kappa shape index (κ2) is 8.86. The standard InChI is InChI=1S/C14H30N2O2/c1-12-6-5-7-15-14(12)10-16(8-9-17-3)13(2)11-18-4/h12-15H,5-11H2,1-4H3. The molecule has 1 heterocycles. The van der Waals surface area contributed by atoms with Gasteiger partial charge in [-0.1, -0.05) is 6.92 Å². The van der Waals surface area contributed by atoms with E-state index in [0.29, 0.717) is 12.1 Å². The van der Waals surface area contributed by atoms with Crippen LogP contribution in [0.3, 0.4) is 0 Å². The molecule has 3 unspecified atom stereocenters. The fourth-order valence-electron chi connectivity index (χ4n) is 2.66. The second-order valence-corrected chi connectivity index (χ2v) is 5.47. The largest absolute Gasteiger partial charge is 0.383 e. The first-order valence-electron chi connectivity index (χ1n) is 7.14. The van der Waals surface area contributed by atoms with Gasteiger partial charge in [-0.15, -0.1) is 0 Å². The van der Waals surface area contributed by atoms with Crippen LogP contribution in [-0.4, -0.2) is 64.1 Å². The van der Waals surface area contributed by atoms with Crippen molar-refractivity contribution in [1.82, 2.24) is 10.2 Å². The maximum Gasteiger partial charge on any atom is 0.0615 e. The Morgan fingerprint density at radius 2 is 2.11 bits per heavy atom. The third-order valence-corrected chi connectivity index (χ3v) is 3.97. The van der Waals surface area contributed by atoms with E-state index in [9.17, 15) is 0 Å². The van der Waals surface area contributed by atoms with E-state index in [1.807, 2.05) is 0 Å². The van der Waals surface area contributed by atoms with Crippen LogP contribution in [0.15, 0.2) is 0 Å². The van der Waals surface area contributed by atoms with Crippen molar-refractivity contribution < 1.29 is 9.47 Å². The van der Waals surface area contributed by atoms with Crippen LogP contribution in [-0.2, 0) is 9.47 Å². The molecule has 1 saturated heterocycles. The Hall–Kier alpha value is -0.160. The molecule has 1 fully saturated rings. The number of hydrogen-bond donors (Lipinski definition) is 1. The average Bonchev–Trinajstić information content (AvgIpc) is 2.36. The Bertz CT molecular complexity index is 214. The molecule has 0 aromatic rings. The monoisotopic (exact) mass is 258 g/mol. The van der Waals surface area contributed by atoms with Crippen molar-refractivity contribution in [3.05, 3.63) is 0 Å². The predicted octanol–water partition coefficient (Wildman–Crippen LogP) is 1.36. The van der Waals surface area contributed by atoms with Crippen molar-refractivity contribution in [3.8, 4) is 0 Å². The first-order valence-corrected chi connectivity index (χ1v) is 7.14. The van der Waals surface area contributed by atoms with Crippen LogP contribution >= 0.6 is 0 Å². The summed E-state index contributed by atoms with van der Waals surface area (Å²) in [7, 11) is 3.53. The zero-order chi connectivity index (χ0) is 13.4. The van der Waals surface area contributed by atoms with Gasteiger partial charge in [0.1, 0.15) is 0 Å². The van der Waals surface area contributed by atoms with Crippen molar-refractivity contribution in [3.63, 3.8) is 0 Å².